The van der Waals surface area contributed by atoms with Gasteiger partial charge in [0.25, 0.3) is 5.91 Å². The molecule has 0 aliphatic carbocycles. The van der Waals surface area contributed by atoms with E-state index in [9.17, 15) is 17.8 Å². The van der Waals surface area contributed by atoms with Gasteiger partial charge in [-0.05, 0) is 31.0 Å². The van der Waals surface area contributed by atoms with Crippen molar-refractivity contribution in [1.82, 2.24) is 4.90 Å². The van der Waals surface area contributed by atoms with Crippen molar-refractivity contribution < 1.29 is 17.8 Å². The minimum atomic E-state index is -0.971. The first kappa shape index (κ1) is 15.1. The van der Waals surface area contributed by atoms with Crippen LogP contribution >= 0.6 is 0 Å². The number of hydrogen-bond donors (Lipinski definition) is 0. The topological polar surface area (TPSA) is 37.4 Å². The quantitative estimate of drug-likeness (QED) is 0.798. The lowest BCUT2D eigenvalue weighted by atomic mass is 10.1. The predicted octanol–water partition coefficient (Wildman–Crippen LogP) is 2.26. The lowest BCUT2D eigenvalue weighted by Crippen LogP contribution is -2.34. The molecule has 0 aromatic heterocycles. The van der Waals surface area contributed by atoms with Gasteiger partial charge in [-0.15, -0.1) is 0 Å². The van der Waals surface area contributed by atoms with Gasteiger partial charge in [0.2, 0.25) is 0 Å². The van der Waals surface area contributed by atoms with Crippen LogP contribution in [-0.2, 0) is 10.8 Å². The summed E-state index contributed by atoms with van der Waals surface area (Å²) < 4.78 is 39.0. The number of halogens is 2. The van der Waals surface area contributed by atoms with Crippen LogP contribution < -0.4 is 0 Å². The van der Waals surface area contributed by atoms with Crippen molar-refractivity contribution >= 4 is 16.7 Å². The summed E-state index contributed by atoms with van der Waals surface area (Å²) in [4.78, 5) is 13.7. The number of hydrogen-bond acceptors (Lipinski definition) is 2. The van der Waals surface area contributed by atoms with E-state index in [4.69, 9.17) is 0 Å². The highest BCUT2D eigenvalue weighted by Crippen LogP contribution is 2.18. The molecule has 0 bridgehead atoms. The number of rotatable bonds is 1. The van der Waals surface area contributed by atoms with Gasteiger partial charge in [0.1, 0.15) is 11.6 Å². The largest absolute Gasteiger partial charge is 0.338 e. The Labute approximate surface area is 119 Å². The van der Waals surface area contributed by atoms with E-state index in [2.05, 4.69) is 0 Å². The summed E-state index contributed by atoms with van der Waals surface area (Å²) in [6.07, 6.45) is 0.605. The number of nitrogens with zero attached hydrogens (tertiary/aromatic N) is 1. The summed E-state index contributed by atoms with van der Waals surface area (Å²) in [5, 5.41) is 0.0207. The molecule has 2 atom stereocenters. The summed E-state index contributed by atoms with van der Waals surface area (Å²) in [7, 11) is -0.971. The van der Waals surface area contributed by atoms with E-state index in [0.29, 0.717) is 25.3 Å². The standard InChI is InChI=1S/C14H17F2NO2S/c1-9-7-13(16)11(8-12(9)15)14(18)17-4-3-10(2)20(19)6-5-17/h7-8,10H,3-6H2,1-2H3/t10-,20-/m1/s1. The number of benzene rings is 1. The van der Waals surface area contributed by atoms with Gasteiger partial charge in [-0.25, -0.2) is 8.78 Å². The summed E-state index contributed by atoms with van der Waals surface area (Å²) in [6, 6.07) is 1.97. The summed E-state index contributed by atoms with van der Waals surface area (Å²) >= 11 is 0. The van der Waals surface area contributed by atoms with Gasteiger partial charge in [0, 0.05) is 34.9 Å². The molecule has 0 N–H and O–H groups in total. The fraction of sp³-hybridized carbons (Fsp3) is 0.500. The maximum absolute atomic E-state index is 13.8. The lowest BCUT2D eigenvalue weighted by Gasteiger charge is -2.20. The Morgan fingerprint density at radius 2 is 2.00 bits per heavy atom. The van der Waals surface area contributed by atoms with E-state index < -0.39 is 28.3 Å². The average Bonchev–Trinajstić information content (AvgIpc) is 2.56. The van der Waals surface area contributed by atoms with Crippen molar-refractivity contribution in [3.8, 4) is 0 Å². The van der Waals surface area contributed by atoms with Crippen LogP contribution in [0.2, 0.25) is 0 Å². The van der Waals surface area contributed by atoms with E-state index in [-0.39, 0.29) is 16.4 Å². The molecule has 1 aliphatic heterocycles. The first-order chi connectivity index (χ1) is 9.40. The fourth-order valence-electron chi connectivity index (χ4n) is 2.17. The van der Waals surface area contributed by atoms with Gasteiger partial charge in [0.05, 0.1) is 5.56 Å². The molecule has 1 amide bonds. The van der Waals surface area contributed by atoms with Gasteiger partial charge >= 0.3 is 0 Å². The molecule has 1 aromatic carbocycles. The van der Waals surface area contributed by atoms with Crippen LogP contribution in [-0.4, -0.2) is 39.1 Å². The molecular formula is C14H17F2NO2S. The Morgan fingerprint density at radius 1 is 1.30 bits per heavy atom. The Bertz CT molecular complexity index is 562. The van der Waals surface area contributed by atoms with Crippen LogP contribution in [0.3, 0.4) is 0 Å². The molecular weight excluding hydrogens is 284 g/mol. The minimum absolute atomic E-state index is 0.0207. The van der Waals surface area contributed by atoms with Gasteiger partial charge in [-0.3, -0.25) is 9.00 Å². The zero-order valence-corrected chi connectivity index (χ0v) is 12.3. The molecule has 0 spiro atoms. The number of amides is 1. The first-order valence-corrected chi connectivity index (χ1v) is 7.90. The molecule has 1 fully saturated rings. The smallest absolute Gasteiger partial charge is 0.256 e. The fourth-order valence-corrected chi connectivity index (χ4v) is 3.34. The normalized spacial score (nSPS) is 23.5. The van der Waals surface area contributed by atoms with Crippen molar-refractivity contribution in [2.45, 2.75) is 25.5 Å². The highest BCUT2D eigenvalue weighted by atomic mass is 32.2. The van der Waals surface area contributed by atoms with Crippen LogP contribution in [0.1, 0.15) is 29.3 Å². The molecule has 1 aromatic rings. The van der Waals surface area contributed by atoms with Crippen LogP contribution in [0.15, 0.2) is 12.1 Å². The monoisotopic (exact) mass is 301 g/mol. The third kappa shape index (κ3) is 3.06. The van der Waals surface area contributed by atoms with Crippen LogP contribution in [0, 0.1) is 18.6 Å². The third-order valence-electron chi connectivity index (χ3n) is 3.58. The number of carbonyl (C=O) groups excluding carboxylic acids is 1. The predicted molar refractivity (Wildman–Crippen MR) is 74.1 cm³/mol. The molecule has 20 heavy (non-hydrogen) atoms. The maximum Gasteiger partial charge on any atom is 0.256 e. The van der Waals surface area contributed by atoms with Crippen molar-refractivity contribution in [3.63, 3.8) is 0 Å². The van der Waals surface area contributed by atoms with Gasteiger partial charge in [-0.2, -0.15) is 0 Å². The molecule has 0 saturated carbocycles. The Kier molecular flexibility index (Phi) is 4.52. The number of aryl methyl sites for hydroxylation is 1. The molecule has 6 heteroatoms. The Hall–Kier alpha value is -1.30. The van der Waals surface area contributed by atoms with Gasteiger partial charge < -0.3 is 4.90 Å². The average molecular weight is 301 g/mol. The van der Waals surface area contributed by atoms with Gasteiger partial charge in [-0.1, -0.05) is 6.92 Å². The van der Waals surface area contributed by atoms with Crippen LogP contribution in [0.25, 0.3) is 0 Å². The molecule has 1 saturated heterocycles. The molecule has 2 rings (SSSR count). The van der Waals surface area contributed by atoms with E-state index in [0.717, 1.165) is 12.1 Å². The van der Waals surface area contributed by atoms with E-state index in [1.54, 1.807) is 0 Å². The van der Waals surface area contributed by atoms with Crippen LogP contribution in [0.5, 0.6) is 0 Å². The summed E-state index contributed by atoms with van der Waals surface area (Å²) in [5.41, 5.74) is -0.0851. The van der Waals surface area contributed by atoms with E-state index in [1.165, 1.54) is 11.8 Å². The second-order valence-corrected chi connectivity index (χ2v) is 7.03. The second-order valence-electron chi connectivity index (χ2n) is 5.06. The third-order valence-corrected chi connectivity index (χ3v) is 5.30. The molecule has 0 radical (unpaired) electrons. The first-order valence-electron chi connectivity index (χ1n) is 6.52. The second kappa shape index (κ2) is 5.99. The highest BCUT2D eigenvalue weighted by molar-refractivity contribution is 7.85. The Balaban J connectivity index is 2.23. The van der Waals surface area contributed by atoms with Crippen molar-refractivity contribution in [3.05, 3.63) is 34.9 Å². The lowest BCUT2D eigenvalue weighted by molar-refractivity contribution is 0.0761. The Morgan fingerprint density at radius 3 is 2.70 bits per heavy atom. The zero-order chi connectivity index (χ0) is 14.9. The molecule has 3 nitrogen and oxygen atoms in total. The van der Waals surface area contributed by atoms with Gasteiger partial charge in [0.15, 0.2) is 0 Å². The van der Waals surface area contributed by atoms with Crippen molar-refractivity contribution in [1.29, 1.82) is 0 Å². The maximum atomic E-state index is 13.8. The minimum Gasteiger partial charge on any atom is -0.338 e. The van der Waals surface area contributed by atoms with Crippen molar-refractivity contribution in [2.75, 3.05) is 18.8 Å². The van der Waals surface area contributed by atoms with Crippen LogP contribution in [0.4, 0.5) is 8.78 Å². The van der Waals surface area contributed by atoms with Crippen molar-refractivity contribution in [2.24, 2.45) is 0 Å². The molecule has 0 unspecified atom stereocenters. The highest BCUT2D eigenvalue weighted by Gasteiger charge is 2.25. The molecule has 110 valence electrons. The SMILES string of the molecule is Cc1cc(F)c(C(=O)N2CC[C@@H](C)[S@](=O)CC2)cc1F. The van der Waals surface area contributed by atoms with E-state index >= 15 is 0 Å². The van der Waals surface area contributed by atoms with E-state index in [1.807, 2.05) is 6.92 Å². The molecule has 1 aliphatic rings. The summed E-state index contributed by atoms with van der Waals surface area (Å²) in [6.45, 7) is 4.05. The molecule has 1 heterocycles. The summed E-state index contributed by atoms with van der Waals surface area (Å²) in [5.74, 6) is -1.47. The zero-order valence-electron chi connectivity index (χ0n) is 11.5. The number of carbonyl (C=O) groups is 1.